The number of carbonyl (C=O) groups is 1. The summed E-state index contributed by atoms with van der Waals surface area (Å²) in [6, 6.07) is 2.60. The number of carbonyl (C=O) groups excluding carboxylic acids is 1. The second kappa shape index (κ2) is 4.47. The SMILES string of the molecule is COC(=O)c1ccc(OC)c(N)c1[N+](=O)[O-]. The molecule has 0 saturated carbocycles. The van der Waals surface area contributed by atoms with Crippen LogP contribution in [-0.4, -0.2) is 25.1 Å². The monoisotopic (exact) mass is 226 g/mol. The molecule has 0 radical (unpaired) electrons. The molecule has 0 aromatic heterocycles. The van der Waals surface area contributed by atoms with Crippen LogP contribution in [0.3, 0.4) is 0 Å². The topological polar surface area (TPSA) is 105 Å². The fraction of sp³-hybridized carbons (Fsp3) is 0.222. The van der Waals surface area contributed by atoms with E-state index in [-0.39, 0.29) is 17.0 Å². The molecule has 16 heavy (non-hydrogen) atoms. The molecule has 7 heteroatoms. The van der Waals surface area contributed by atoms with Gasteiger partial charge < -0.3 is 15.2 Å². The Balaban J connectivity index is 3.46. The van der Waals surface area contributed by atoms with E-state index in [1.54, 1.807) is 0 Å². The maximum atomic E-state index is 11.3. The van der Waals surface area contributed by atoms with Crippen molar-refractivity contribution < 1.29 is 19.2 Å². The van der Waals surface area contributed by atoms with E-state index in [1.165, 1.54) is 19.2 Å². The van der Waals surface area contributed by atoms with Crippen molar-refractivity contribution in [2.75, 3.05) is 20.0 Å². The van der Waals surface area contributed by atoms with Gasteiger partial charge in [-0.1, -0.05) is 0 Å². The van der Waals surface area contributed by atoms with E-state index in [4.69, 9.17) is 10.5 Å². The van der Waals surface area contributed by atoms with E-state index in [1.807, 2.05) is 0 Å². The molecule has 0 aliphatic carbocycles. The molecule has 0 atom stereocenters. The van der Waals surface area contributed by atoms with Crippen LogP contribution in [0.15, 0.2) is 12.1 Å². The average molecular weight is 226 g/mol. The largest absolute Gasteiger partial charge is 0.494 e. The molecule has 86 valence electrons. The summed E-state index contributed by atoms with van der Waals surface area (Å²) < 4.78 is 9.24. The number of rotatable bonds is 3. The number of esters is 1. The minimum Gasteiger partial charge on any atom is -0.494 e. The van der Waals surface area contributed by atoms with Crippen LogP contribution in [0.1, 0.15) is 10.4 Å². The summed E-state index contributed by atoms with van der Waals surface area (Å²) in [6.07, 6.45) is 0. The molecular formula is C9H10N2O5. The van der Waals surface area contributed by atoms with Crippen molar-refractivity contribution in [1.29, 1.82) is 0 Å². The molecule has 2 N–H and O–H groups in total. The summed E-state index contributed by atoms with van der Waals surface area (Å²) >= 11 is 0. The van der Waals surface area contributed by atoms with Crippen molar-refractivity contribution >= 4 is 17.3 Å². The second-order valence-corrected chi connectivity index (χ2v) is 2.83. The van der Waals surface area contributed by atoms with E-state index >= 15 is 0 Å². The Bertz CT molecular complexity index is 444. The predicted molar refractivity (Wildman–Crippen MR) is 55.4 cm³/mol. The molecule has 1 aromatic rings. The number of hydrogen-bond donors (Lipinski definition) is 1. The first kappa shape index (κ1) is 11.8. The summed E-state index contributed by atoms with van der Waals surface area (Å²) in [6.45, 7) is 0. The Labute approximate surface area is 90.9 Å². The van der Waals surface area contributed by atoms with Crippen molar-refractivity contribution in [3.8, 4) is 5.75 Å². The molecule has 0 aliphatic rings. The van der Waals surface area contributed by atoms with Crippen molar-refractivity contribution in [3.63, 3.8) is 0 Å². The van der Waals surface area contributed by atoms with Gasteiger partial charge in [-0.15, -0.1) is 0 Å². The normalized spacial score (nSPS) is 9.62. The number of nitrogen functional groups attached to an aromatic ring is 1. The number of nitrogens with zero attached hydrogens (tertiary/aromatic N) is 1. The number of hydrogen-bond acceptors (Lipinski definition) is 6. The van der Waals surface area contributed by atoms with Crippen molar-refractivity contribution in [3.05, 3.63) is 27.8 Å². The number of anilines is 1. The molecule has 0 heterocycles. The highest BCUT2D eigenvalue weighted by Crippen LogP contribution is 2.34. The van der Waals surface area contributed by atoms with Crippen LogP contribution < -0.4 is 10.5 Å². The van der Waals surface area contributed by atoms with Crippen LogP contribution in [0.2, 0.25) is 0 Å². The Hall–Kier alpha value is -2.31. The van der Waals surface area contributed by atoms with E-state index in [9.17, 15) is 14.9 Å². The molecular weight excluding hydrogens is 216 g/mol. The van der Waals surface area contributed by atoms with Crippen LogP contribution >= 0.6 is 0 Å². The minimum atomic E-state index is -0.818. The van der Waals surface area contributed by atoms with E-state index in [0.717, 1.165) is 7.11 Å². The average Bonchev–Trinajstić information content (AvgIpc) is 2.26. The van der Waals surface area contributed by atoms with Crippen molar-refractivity contribution in [2.45, 2.75) is 0 Å². The number of nitro groups is 1. The van der Waals surface area contributed by atoms with Crippen LogP contribution in [0.4, 0.5) is 11.4 Å². The lowest BCUT2D eigenvalue weighted by molar-refractivity contribution is -0.384. The molecule has 0 fully saturated rings. The molecule has 0 saturated heterocycles. The first-order valence-corrected chi connectivity index (χ1v) is 4.22. The number of nitro benzene ring substituents is 1. The first-order chi connectivity index (χ1) is 7.52. The maximum absolute atomic E-state index is 11.3. The second-order valence-electron chi connectivity index (χ2n) is 2.83. The van der Waals surface area contributed by atoms with Gasteiger partial charge >= 0.3 is 11.7 Å². The molecule has 0 unspecified atom stereocenters. The van der Waals surface area contributed by atoms with Gasteiger partial charge in [0.25, 0.3) is 0 Å². The number of methoxy groups -OCH3 is 2. The zero-order valence-electron chi connectivity index (χ0n) is 8.72. The number of ether oxygens (including phenoxy) is 2. The van der Waals surface area contributed by atoms with Gasteiger partial charge in [0.15, 0.2) is 5.69 Å². The standard InChI is InChI=1S/C9H10N2O5/c1-15-6-4-3-5(9(12)16-2)8(7(6)10)11(13)14/h3-4H,10H2,1-2H3. The lowest BCUT2D eigenvalue weighted by atomic mass is 10.1. The number of nitrogens with two attached hydrogens (primary N) is 1. The van der Waals surface area contributed by atoms with E-state index in [2.05, 4.69) is 4.74 Å². The summed E-state index contributed by atoms with van der Waals surface area (Å²) in [5.74, 6) is -0.680. The molecule has 0 spiro atoms. The lowest BCUT2D eigenvalue weighted by Gasteiger charge is -2.07. The van der Waals surface area contributed by atoms with E-state index in [0.29, 0.717) is 0 Å². The smallest absolute Gasteiger partial charge is 0.344 e. The third-order valence-electron chi connectivity index (χ3n) is 1.98. The summed E-state index contributed by atoms with van der Waals surface area (Å²) in [7, 11) is 2.46. The maximum Gasteiger partial charge on any atom is 0.344 e. The quantitative estimate of drug-likeness (QED) is 0.356. The number of benzene rings is 1. The van der Waals surface area contributed by atoms with Crippen molar-refractivity contribution in [2.24, 2.45) is 0 Å². The Morgan fingerprint density at radius 3 is 2.50 bits per heavy atom. The Morgan fingerprint density at radius 1 is 1.44 bits per heavy atom. The van der Waals surface area contributed by atoms with Crippen LogP contribution in [0, 0.1) is 10.1 Å². The van der Waals surface area contributed by atoms with Crippen molar-refractivity contribution in [1.82, 2.24) is 0 Å². The molecule has 1 rings (SSSR count). The van der Waals surface area contributed by atoms with Crippen LogP contribution in [0.5, 0.6) is 5.75 Å². The highest BCUT2D eigenvalue weighted by Gasteiger charge is 2.26. The van der Waals surface area contributed by atoms with Gasteiger partial charge in [-0.25, -0.2) is 4.79 Å². The fourth-order valence-corrected chi connectivity index (χ4v) is 1.24. The van der Waals surface area contributed by atoms with E-state index < -0.39 is 16.6 Å². The third-order valence-corrected chi connectivity index (χ3v) is 1.98. The fourth-order valence-electron chi connectivity index (χ4n) is 1.24. The minimum absolute atomic E-state index is 0.138. The third kappa shape index (κ3) is 1.88. The highest BCUT2D eigenvalue weighted by atomic mass is 16.6. The van der Waals surface area contributed by atoms with Gasteiger partial charge in [0.1, 0.15) is 11.3 Å². The van der Waals surface area contributed by atoms with Gasteiger partial charge in [0.2, 0.25) is 0 Å². The van der Waals surface area contributed by atoms with Gasteiger partial charge in [0, 0.05) is 0 Å². The zero-order chi connectivity index (χ0) is 12.3. The van der Waals surface area contributed by atoms with Gasteiger partial charge in [-0.2, -0.15) is 0 Å². The Kier molecular flexibility index (Phi) is 3.29. The molecule has 1 aromatic carbocycles. The zero-order valence-corrected chi connectivity index (χ0v) is 8.72. The molecule has 0 bridgehead atoms. The summed E-state index contributed by atoms with van der Waals surface area (Å²) in [5.41, 5.74) is 4.60. The van der Waals surface area contributed by atoms with Gasteiger partial charge in [-0.3, -0.25) is 10.1 Å². The first-order valence-electron chi connectivity index (χ1n) is 4.22. The van der Waals surface area contributed by atoms with Crippen LogP contribution in [-0.2, 0) is 4.74 Å². The predicted octanol–water partition coefficient (Wildman–Crippen LogP) is 0.972. The van der Waals surface area contributed by atoms with Gasteiger partial charge in [-0.05, 0) is 12.1 Å². The Morgan fingerprint density at radius 2 is 2.06 bits per heavy atom. The van der Waals surface area contributed by atoms with Gasteiger partial charge in [0.05, 0.1) is 19.1 Å². The molecule has 7 nitrogen and oxygen atoms in total. The molecule has 0 amide bonds. The lowest BCUT2D eigenvalue weighted by Crippen LogP contribution is -2.08. The van der Waals surface area contributed by atoms with Crippen LogP contribution in [0.25, 0.3) is 0 Å². The highest BCUT2D eigenvalue weighted by molar-refractivity contribution is 5.97. The summed E-state index contributed by atoms with van der Waals surface area (Å²) in [4.78, 5) is 21.3. The summed E-state index contributed by atoms with van der Waals surface area (Å²) in [5, 5.41) is 10.8. The molecule has 0 aliphatic heterocycles.